The van der Waals surface area contributed by atoms with Gasteiger partial charge in [0, 0.05) is 19.8 Å². The Bertz CT molecular complexity index is 420. The van der Waals surface area contributed by atoms with E-state index in [1.54, 1.807) is 12.1 Å². The molecule has 2 N–H and O–H groups in total. The van der Waals surface area contributed by atoms with Gasteiger partial charge in [0.15, 0.2) is 0 Å². The number of para-hydroxylation sites is 1. The largest absolute Gasteiger partial charge is 0.381 e. The van der Waals surface area contributed by atoms with Crippen LogP contribution in [-0.2, 0) is 4.74 Å². The highest BCUT2D eigenvalue weighted by Crippen LogP contribution is 2.20. The van der Waals surface area contributed by atoms with Crippen LogP contribution in [0.15, 0.2) is 24.3 Å². The molecule has 1 aromatic rings. The van der Waals surface area contributed by atoms with Crippen LogP contribution in [0.25, 0.3) is 0 Å². The maximum atomic E-state index is 11.7. The van der Waals surface area contributed by atoms with Crippen molar-refractivity contribution >= 4 is 23.3 Å². The van der Waals surface area contributed by atoms with Gasteiger partial charge in [-0.15, -0.1) is 0 Å². The zero-order valence-electron chi connectivity index (χ0n) is 10.8. The average Bonchev–Trinajstić information content (AvgIpc) is 2.43. The zero-order chi connectivity index (χ0) is 13.5. The van der Waals surface area contributed by atoms with Gasteiger partial charge >= 0.3 is 6.03 Å². The molecule has 1 saturated heterocycles. The van der Waals surface area contributed by atoms with Crippen molar-refractivity contribution in [3.05, 3.63) is 29.3 Å². The van der Waals surface area contributed by atoms with Crippen LogP contribution >= 0.6 is 11.6 Å². The molecule has 1 fully saturated rings. The molecule has 0 spiro atoms. The molecule has 1 aliphatic rings. The van der Waals surface area contributed by atoms with Crippen LogP contribution in [0.5, 0.6) is 0 Å². The van der Waals surface area contributed by atoms with E-state index in [4.69, 9.17) is 16.3 Å². The van der Waals surface area contributed by atoms with Crippen molar-refractivity contribution in [2.45, 2.75) is 19.3 Å². The Morgan fingerprint density at radius 2 is 2.26 bits per heavy atom. The fourth-order valence-corrected chi connectivity index (χ4v) is 2.34. The van der Waals surface area contributed by atoms with E-state index >= 15 is 0 Å². The summed E-state index contributed by atoms with van der Waals surface area (Å²) in [6.45, 7) is 2.34. The normalized spacial score (nSPS) is 18.9. The first kappa shape index (κ1) is 14.2. The number of anilines is 1. The Hall–Kier alpha value is -1.26. The van der Waals surface area contributed by atoms with Gasteiger partial charge in [-0.2, -0.15) is 0 Å². The minimum atomic E-state index is -0.218. The molecule has 1 aliphatic heterocycles. The molecule has 1 aromatic carbocycles. The molecule has 0 aliphatic carbocycles. The predicted octanol–water partition coefficient (Wildman–Crippen LogP) is 3.28. The number of rotatable bonds is 4. The number of carbonyl (C=O) groups is 1. The maximum absolute atomic E-state index is 11.7. The molecule has 0 bridgehead atoms. The lowest BCUT2D eigenvalue weighted by molar-refractivity contribution is 0.0520. The van der Waals surface area contributed by atoms with Crippen LogP contribution in [0.2, 0.25) is 5.02 Å². The molecule has 1 atom stereocenters. The third-order valence-corrected chi connectivity index (χ3v) is 3.54. The monoisotopic (exact) mass is 282 g/mol. The van der Waals surface area contributed by atoms with Crippen molar-refractivity contribution in [3.8, 4) is 0 Å². The number of nitrogens with one attached hydrogen (secondary N) is 2. The van der Waals surface area contributed by atoms with Gasteiger partial charge in [0.2, 0.25) is 0 Å². The molecular weight excluding hydrogens is 264 g/mol. The van der Waals surface area contributed by atoms with E-state index in [0.29, 0.717) is 23.2 Å². The number of hydrogen-bond acceptors (Lipinski definition) is 2. The summed E-state index contributed by atoms with van der Waals surface area (Å²) in [5, 5.41) is 6.12. The molecule has 104 valence electrons. The summed E-state index contributed by atoms with van der Waals surface area (Å²) in [7, 11) is 0. The number of carbonyl (C=O) groups excluding carboxylic acids is 1. The molecule has 0 aromatic heterocycles. The molecule has 19 heavy (non-hydrogen) atoms. The smallest absolute Gasteiger partial charge is 0.319 e. The van der Waals surface area contributed by atoms with Gasteiger partial charge in [-0.1, -0.05) is 23.7 Å². The maximum Gasteiger partial charge on any atom is 0.319 e. The average molecular weight is 283 g/mol. The van der Waals surface area contributed by atoms with Crippen LogP contribution in [-0.4, -0.2) is 25.8 Å². The lowest BCUT2D eigenvalue weighted by Crippen LogP contribution is -2.31. The quantitative estimate of drug-likeness (QED) is 0.890. The van der Waals surface area contributed by atoms with Crippen LogP contribution in [0.3, 0.4) is 0 Å². The molecule has 4 nitrogen and oxygen atoms in total. The second-order valence-electron chi connectivity index (χ2n) is 4.73. The number of benzene rings is 1. The fraction of sp³-hybridized carbons (Fsp3) is 0.500. The van der Waals surface area contributed by atoms with Crippen molar-refractivity contribution in [1.29, 1.82) is 0 Å². The first-order chi connectivity index (χ1) is 9.25. The van der Waals surface area contributed by atoms with E-state index in [-0.39, 0.29) is 6.03 Å². The Labute approximate surface area is 118 Å². The molecule has 0 saturated carbocycles. The van der Waals surface area contributed by atoms with E-state index in [9.17, 15) is 4.79 Å². The topological polar surface area (TPSA) is 50.4 Å². The number of amides is 2. The van der Waals surface area contributed by atoms with Crippen molar-refractivity contribution < 1.29 is 9.53 Å². The zero-order valence-corrected chi connectivity index (χ0v) is 11.6. The Morgan fingerprint density at radius 3 is 3.00 bits per heavy atom. The van der Waals surface area contributed by atoms with E-state index in [1.807, 2.05) is 12.1 Å². The van der Waals surface area contributed by atoms with Crippen LogP contribution in [0, 0.1) is 5.92 Å². The summed E-state index contributed by atoms with van der Waals surface area (Å²) in [6.07, 6.45) is 3.26. The highest BCUT2D eigenvalue weighted by atomic mass is 35.5. The third-order valence-electron chi connectivity index (χ3n) is 3.21. The Kier molecular flexibility index (Phi) is 5.48. The van der Waals surface area contributed by atoms with Gasteiger partial charge in [0.1, 0.15) is 0 Å². The lowest BCUT2D eigenvalue weighted by atomic mass is 9.99. The summed E-state index contributed by atoms with van der Waals surface area (Å²) in [5.41, 5.74) is 0.627. The fourth-order valence-electron chi connectivity index (χ4n) is 2.15. The van der Waals surface area contributed by atoms with Crippen LogP contribution in [0.1, 0.15) is 19.3 Å². The number of halogens is 1. The second kappa shape index (κ2) is 7.36. The minimum absolute atomic E-state index is 0.218. The first-order valence-electron chi connectivity index (χ1n) is 6.63. The van der Waals surface area contributed by atoms with Gasteiger partial charge in [0.25, 0.3) is 0 Å². The van der Waals surface area contributed by atoms with Gasteiger partial charge in [-0.05, 0) is 37.3 Å². The predicted molar refractivity (Wildman–Crippen MR) is 76.6 cm³/mol. The van der Waals surface area contributed by atoms with E-state index in [2.05, 4.69) is 10.6 Å². The van der Waals surface area contributed by atoms with Gasteiger partial charge in [-0.3, -0.25) is 0 Å². The van der Waals surface area contributed by atoms with Crippen LogP contribution in [0.4, 0.5) is 10.5 Å². The Balaban J connectivity index is 1.68. The number of urea groups is 1. The highest BCUT2D eigenvalue weighted by Gasteiger charge is 2.13. The summed E-state index contributed by atoms with van der Waals surface area (Å²) >= 11 is 5.97. The SMILES string of the molecule is O=C(NCCC1CCCOC1)Nc1ccccc1Cl. The van der Waals surface area contributed by atoms with Crippen molar-refractivity contribution in [2.75, 3.05) is 25.1 Å². The molecule has 1 unspecified atom stereocenters. The first-order valence-corrected chi connectivity index (χ1v) is 7.00. The molecular formula is C14H19ClN2O2. The molecule has 1 heterocycles. The third kappa shape index (κ3) is 4.73. The van der Waals surface area contributed by atoms with Crippen molar-refractivity contribution in [3.63, 3.8) is 0 Å². The summed E-state index contributed by atoms with van der Waals surface area (Å²) < 4.78 is 5.41. The standard InChI is InChI=1S/C14H19ClN2O2/c15-12-5-1-2-6-13(12)17-14(18)16-8-7-11-4-3-9-19-10-11/h1-2,5-6,11H,3-4,7-10H2,(H2,16,17,18). The summed E-state index contributed by atoms with van der Waals surface area (Å²) in [5.74, 6) is 0.564. The molecule has 2 amide bonds. The van der Waals surface area contributed by atoms with Gasteiger partial charge < -0.3 is 15.4 Å². The van der Waals surface area contributed by atoms with E-state index in [1.165, 1.54) is 6.42 Å². The van der Waals surface area contributed by atoms with E-state index < -0.39 is 0 Å². The van der Waals surface area contributed by atoms with Crippen molar-refractivity contribution in [1.82, 2.24) is 5.32 Å². The van der Waals surface area contributed by atoms with Gasteiger partial charge in [0.05, 0.1) is 10.7 Å². The van der Waals surface area contributed by atoms with Crippen LogP contribution < -0.4 is 10.6 Å². The number of ether oxygens (including phenoxy) is 1. The molecule has 0 radical (unpaired) electrons. The molecule has 5 heteroatoms. The number of hydrogen-bond donors (Lipinski definition) is 2. The minimum Gasteiger partial charge on any atom is -0.381 e. The van der Waals surface area contributed by atoms with Gasteiger partial charge in [-0.25, -0.2) is 4.79 Å². The lowest BCUT2D eigenvalue weighted by Gasteiger charge is -2.21. The second-order valence-corrected chi connectivity index (χ2v) is 5.14. The molecule has 2 rings (SSSR count). The summed E-state index contributed by atoms with van der Waals surface area (Å²) in [4.78, 5) is 11.7. The highest BCUT2D eigenvalue weighted by molar-refractivity contribution is 6.33. The van der Waals surface area contributed by atoms with Crippen molar-refractivity contribution in [2.24, 2.45) is 5.92 Å². The van der Waals surface area contributed by atoms with E-state index in [0.717, 1.165) is 26.1 Å². The summed E-state index contributed by atoms with van der Waals surface area (Å²) in [6, 6.07) is 6.97. The Morgan fingerprint density at radius 1 is 1.42 bits per heavy atom.